The molecule has 0 amide bonds. The van der Waals surface area contributed by atoms with Crippen molar-refractivity contribution in [3.63, 3.8) is 0 Å². The summed E-state index contributed by atoms with van der Waals surface area (Å²) in [6.07, 6.45) is 5.33. The topological polar surface area (TPSA) is 34.2 Å². The average molecular weight is 252 g/mol. The van der Waals surface area contributed by atoms with Gasteiger partial charge in [0.15, 0.2) is 0 Å². The Balaban J connectivity index is 2.22. The van der Waals surface area contributed by atoms with E-state index in [2.05, 4.69) is 10.3 Å². The molecule has 1 aromatic heterocycles. The van der Waals surface area contributed by atoms with Crippen LogP contribution in [-0.4, -0.2) is 24.2 Å². The first-order valence-electron chi connectivity index (χ1n) is 6.72. The number of likely N-dealkylation sites (N-methyl/N-ethyl adjacent to an activating group) is 1. The fraction of sp³-hybridized carbons (Fsp3) is 0.643. The predicted molar refractivity (Wildman–Crippen MR) is 68.8 cm³/mol. The van der Waals surface area contributed by atoms with Crippen LogP contribution in [0.15, 0.2) is 18.5 Å². The van der Waals surface area contributed by atoms with Crippen LogP contribution >= 0.6 is 0 Å². The van der Waals surface area contributed by atoms with Gasteiger partial charge < -0.3 is 10.1 Å². The molecule has 0 aliphatic heterocycles. The van der Waals surface area contributed by atoms with Crippen molar-refractivity contribution in [1.29, 1.82) is 0 Å². The molecule has 2 unspecified atom stereocenters. The molecular weight excluding hydrogens is 231 g/mol. The van der Waals surface area contributed by atoms with Crippen LogP contribution in [0.3, 0.4) is 0 Å². The van der Waals surface area contributed by atoms with Crippen LogP contribution in [0.5, 0.6) is 0 Å². The lowest BCUT2D eigenvalue weighted by molar-refractivity contribution is 0.0180. The van der Waals surface area contributed by atoms with Gasteiger partial charge in [0.25, 0.3) is 0 Å². The lowest BCUT2D eigenvalue weighted by atomic mass is 9.98. The zero-order valence-electron chi connectivity index (χ0n) is 11.0. The molecule has 0 radical (unpaired) electrons. The summed E-state index contributed by atoms with van der Waals surface area (Å²) in [5.74, 6) is 0.301. The third-order valence-electron chi connectivity index (χ3n) is 3.34. The fourth-order valence-corrected chi connectivity index (χ4v) is 2.38. The van der Waals surface area contributed by atoms with Crippen LogP contribution in [0.25, 0.3) is 0 Å². The monoisotopic (exact) mass is 252 g/mol. The van der Waals surface area contributed by atoms with E-state index in [1.165, 1.54) is 19.0 Å². The summed E-state index contributed by atoms with van der Waals surface area (Å²) in [5.41, 5.74) is 0.664. The molecule has 4 heteroatoms. The van der Waals surface area contributed by atoms with E-state index in [0.717, 1.165) is 6.54 Å². The number of pyridine rings is 1. The first kappa shape index (κ1) is 13.4. The van der Waals surface area contributed by atoms with Gasteiger partial charge >= 0.3 is 0 Å². The number of hydrogen-bond donors (Lipinski definition) is 1. The molecule has 0 aromatic carbocycles. The van der Waals surface area contributed by atoms with Crippen LogP contribution in [0, 0.1) is 11.7 Å². The molecule has 0 spiro atoms. The highest BCUT2D eigenvalue weighted by atomic mass is 19.1. The average Bonchev–Trinajstić information content (AvgIpc) is 3.19. The summed E-state index contributed by atoms with van der Waals surface area (Å²) < 4.78 is 19.7. The fourth-order valence-electron chi connectivity index (χ4n) is 2.38. The molecule has 0 saturated heterocycles. The van der Waals surface area contributed by atoms with E-state index < -0.39 is 0 Å². The maximum atomic E-state index is 13.9. The van der Waals surface area contributed by atoms with Gasteiger partial charge in [-0.1, -0.05) is 6.92 Å². The summed E-state index contributed by atoms with van der Waals surface area (Å²) in [4.78, 5) is 3.81. The van der Waals surface area contributed by atoms with Gasteiger partial charge in [-0.3, -0.25) is 4.98 Å². The van der Waals surface area contributed by atoms with E-state index in [4.69, 9.17) is 4.74 Å². The molecule has 1 N–H and O–H groups in total. The van der Waals surface area contributed by atoms with Crippen LogP contribution in [-0.2, 0) is 4.74 Å². The molecule has 1 aliphatic carbocycles. The van der Waals surface area contributed by atoms with Crippen LogP contribution in [0.1, 0.15) is 38.3 Å². The lowest BCUT2D eigenvalue weighted by Gasteiger charge is -2.28. The molecule has 100 valence electrons. The Hall–Kier alpha value is -1.00. The first-order chi connectivity index (χ1) is 8.77. The van der Waals surface area contributed by atoms with Crippen LogP contribution in [0.2, 0.25) is 0 Å². The number of hydrogen-bond acceptors (Lipinski definition) is 3. The highest BCUT2D eigenvalue weighted by Crippen LogP contribution is 2.40. The summed E-state index contributed by atoms with van der Waals surface area (Å²) in [6.45, 7) is 5.47. The van der Waals surface area contributed by atoms with E-state index in [1.54, 1.807) is 12.3 Å². The Morgan fingerprint density at radius 1 is 1.50 bits per heavy atom. The van der Waals surface area contributed by atoms with Crippen molar-refractivity contribution >= 4 is 0 Å². The second kappa shape index (κ2) is 6.25. The van der Waals surface area contributed by atoms with Crippen molar-refractivity contribution < 1.29 is 9.13 Å². The second-order valence-electron chi connectivity index (χ2n) is 4.69. The van der Waals surface area contributed by atoms with Crippen molar-refractivity contribution in [3.8, 4) is 0 Å². The molecule has 1 aliphatic rings. The van der Waals surface area contributed by atoms with Crippen LogP contribution < -0.4 is 5.32 Å². The minimum absolute atomic E-state index is 0.0619. The largest absolute Gasteiger partial charge is 0.376 e. The normalized spacial score (nSPS) is 18.6. The highest BCUT2D eigenvalue weighted by molar-refractivity contribution is 5.20. The van der Waals surface area contributed by atoms with Gasteiger partial charge in [-0.05, 0) is 38.3 Å². The molecule has 18 heavy (non-hydrogen) atoms. The quantitative estimate of drug-likeness (QED) is 0.810. The van der Waals surface area contributed by atoms with Gasteiger partial charge in [-0.25, -0.2) is 4.39 Å². The first-order valence-corrected chi connectivity index (χ1v) is 6.72. The Bertz CT molecular complexity index is 382. The Morgan fingerprint density at radius 3 is 2.83 bits per heavy atom. The number of rotatable bonds is 7. The summed E-state index contributed by atoms with van der Waals surface area (Å²) in [7, 11) is 0. The minimum atomic E-state index is -0.256. The minimum Gasteiger partial charge on any atom is -0.376 e. The van der Waals surface area contributed by atoms with Crippen molar-refractivity contribution in [1.82, 2.24) is 10.3 Å². The molecule has 1 aromatic rings. The molecule has 1 fully saturated rings. The smallest absolute Gasteiger partial charge is 0.146 e. The number of ether oxygens (including phenoxy) is 1. The van der Waals surface area contributed by atoms with Gasteiger partial charge in [0.05, 0.1) is 18.3 Å². The van der Waals surface area contributed by atoms with Crippen molar-refractivity contribution in [2.24, 2.45) is 5.92 Å². The molecule has 1 heterocycles. The SMILES string of the molecule is CCNC(c1ccncc1F)C(OCC)C1CC1. The molecule has 0 bridgehead atoms. The van der Waals surface area contributed by atoms with Crippen molar-refractivity contribution in [2.75, 3.05) is 13.2 Å². The molecular formula is C14H21FN2O. The molecule has 2 rings (SSSR count). The lowest BCUT2D eigenvalue weighted by Crippen LogP contribution is -2.36. The summed E-state index contributed by atoms with van der Waals surface area (Å²) >= 11 is 0. The predicted octanol–water partition coefficient (Wildman–Crippen LogP) is 2.69. The molecule has 2 atom stereocenters. The van der Waals surface area contributed by atoms with Crippen molar-refractivity contribution in [3.05, 3.63) is 29.8 Å². The maximum absolute atomic E-state index is 13.9. The number of nitrogens with one attached hydrogen (secondary N) is 1. The van der Waals surface area contributed by atoms with Gasteiger partial charge in [0.2, 0.25) is 0 Å². The standard InChI is InChI=1S/C14H21FN2O/c1-3-17-13(11-7-8-16-9-12(11)15)14(18-4-2)10-5-6-10/h7-10,13-14,17H,3-6H2,1-2H3. The third-order valence-corrected chi connectivity index (χ3v) is 3.34. The maximum Gasteiger partial charge on any atom is 0.146 e. The zero-order chi connectivity index (χ0) is 13.0. The van der Waals surface area contributed by atoms with Crippen LogP contribution in [0.4, 0.5) is 4.39 Å². The number of aromatic nitrogens is 1. The van der Waals surface area contributed by atoms with E-state index in [9.17, 15) is 4.39 Å². The van der Waals surface area contributed by atoms with Gasteiger partial charge in [-0.15, -0.1) is 0 Å². The van der Waals surface area contributed by atoms with E-state index in [0.29, 0.717) is 18.1 Å². The second-order valence-corrected chi connectivity index (χ2v) is 4.69. The van der Waals surface area contributed by atoms with Gasteiger partial charge in [0.1, 0.15) is 5.82 Å². The number of nitrogens with zero attached hydrogens (tertiary/aromatic N) is 1. The van der Waals surface area contributed by atoms with E-state index in [-0.39, 0.29) is 18.0 Å². The van der Waals surface area contributed by atoms with Crippen molar-refractivity contribution in [2.45, 2.75) is 38.8 Å². The number of halogens is 1. The van der Waals surface area contributed by atoms with E-state index >= 15 is 0 Å². The third kappa shape index (κ3) is 3.06. The summed E-state index contributed by atoms with van der Waals surface area (Å²) in [5, 5.41) is 3.35. The Kier molecular flexibility index (Phi) is 4.66. The van der Waals surface area contributed by atoms with Gasteiger partial charge in [-0.2, -0.15) is 0 Å². The highest BCUT2D eigenvalue weighted by Gasteiger charge is 2.38. The van der Waals surface area contributed by atoms with Gasteiger partial charge in [0, 0.05) is 18.4 Å². The van der Waals surface area contributed by atoms with E-state index in [1.807, 2.05) is 13.8 Å². The summed E-state index contributed by atoms with van der Waals surface area (Å²) in [6, 6.07) is 1.67. The Labute approximate surface area is 108 Å². The molecule has 1 saturated carbocycles. The molecule has 3 nitrogen and oxygen atoms in total. The Morgan fingerprint density at radius 2 is 2.28 bits per heavy atom. The zero-order valence-corrected chi connectivity index (χ0v) is 11.0.